The minimum Gasteiger partial charge on any atom is -0.494 e. The van der Waals surface area contributed by atoms with E-state index in [1.54, 1.807) is 0 Å². The number of ether oxygens (including phenoxy) is 2. The lowest BCUT2D eigenvalue weighted by atomic mass is 9.98. The topological polar surface area (TPSA) is 45.2 Å². The molecule has 0 bridgehead atoms. The first kappa shape index (κ1) is 37.9. The van der Waals surface area contributed by atoms with Crippen LogP contribution >= 0.6 is 24.8 Å². The van der Waals surface area contributed by atoms with Crippen molar-refractivity contribution in [3.63, 3.8) is 0 Å². The standard InChI is InChI=1S/C29H34F7N3O3.2ClH/c1-18-15-38(16-19(2)42-18)7-6-37-8-9-39(24(17-37)10-20-4-5-25(30)26(11-20)41-3)27(40)21-12-22(28(31,32)33)14-23(13-21)29(34,35)36;;/h4-5,11-14,18-19,24H,6-10,15-17H2,1-3H3;2*1H/t18-,19+,24-;;/m1../s1. The number of hydrogen-bond donors (Lipinski definition) is 0. The smallest absolute Gasteiger partial charge is 0.416 e. The predicted molar refractivity (Wildman–Crippen MR) is 155 cm³/mol. The number of hydrogen-bond acceptors (Lipinski definition) is 5. The van der Waals surface area contributed by atoms with Crippen molar-refractivity contribution in [1.82, 2.24) is 14.7 Å². The van der Waals surface area contributed by atoms with Crippen LogP contribution in [0, 0.1) is 5.82 Å². The molecule has 44 heavy (non-hydrogen) atoms. The Morgan fingerprint density at radius 1 is 0.864 bits per heavy atom. The van der Waals surface area contributed by atoms with Gasteiger partial charge < -0.3 is 14.4 Å². The molecule has 2 fully saturated rings. The van der Waals surface area contributed by atoms with Gasteiger partial charge in [-0.3, -0.25) is 14.6 Å². The second-order valence-corrected chi connectivity index (χ2v) is 10.9. The Morgan fingerprint density at radius 3 is 1.98 bits per heavy atom. The Kier molecular flexibility index (Phi) is 13.2. The Labute approximate surface area is 264 Å². The van der Waals surface area contributed by atoms with E-state index in [1.807, 2.05) is 13.8 Å². The number of piperazine rings is 1. The predicted octanol–water partition coefficient (Wildman–Crippen LogP) is 6.19. The van der Waals surface area contributed by atoms with Crippen LogP contribution in [-0.2, 0) is 23.5 Å². The zero-order chi connectivity index (χ0) is 30.8. The fourth-order valence-corrected chi connectivity index (χ4v) is 5.66. The summed E-state index contributed by atoms with van der Waals surface area (Å²) in [5.41, 5.74) is -3.18. The minimum atomic E-state index is -5.08. The van der Waals surface area contributed by atoms with Crippen LogP contribution < -0.4 is 4.74 Å². The molecule has 2 aromatic carbocycles. The average Bonchev–Trinajstić information content (AvgIpc) is 2.91. The van der Waals surface area contributed by atoms with Crippen LogP contribution in [-0.4, -0.2) is 91.8 Å². The highest BCUT2D eigenvalue weighted by Gasteiger charge is 2.39. The van der Waals surface area contributed by atoms with Crippen LogP contribution in [0.2, 0.25) is 0 Å². The van der Waals surface area contributed by atoms with E-state index >= 15 is 0 Å². The van der Waals surface area contributed by atoms with E-state index in [-0.39, 0.29) is 61.8 Å². The molecule has 2 saturated heterocycles. The first-order chi connectivity index (χ1) is 19.6. The number of amides is 1. The normalized spacial score (nSPS) is 21.8. The van der Waals surface area contributed by atoms with Crippen molar-refractivity contribution in [2.75, 3.05) is 52.9 Å². The van der Waals surface area contributed by atoms with Gasteiger partial charge in [0.25, 0.3) is 5.91 Å². The molecule has 15 heteroatoms. The van der Waals surface area contributed by atoms with Crippen LogP contribution in [0.3, 0.4) is 0 Å². The highest BCUT2D eigenvalue weighted by atomic mass is 35.5. The average molecular weight is 679 g/mol. The van der Waals surface area contributed by atoms with Gasteiger partial charge in [-0.25, -0.2) is 4.39 Å². The van der Waals surface area contributed by atoms with Crippen LogP contribution in [0.25, 0.3) is 0 Å². The molecule has 1 amide bonds. The molecule has 2 aliphatic heterocycles. The molecule has 0 aromatic heterocycles. The summed E-state index contributed by atoms with van der Waals surface area (Å²) in [6.45, 7) is 7.70. The van der Waals surface area contributed by atoms with Crippen LogP contribution in [0.5, 0.6) is 5.75 Å². The molecule has 0 saturated carbocycles. The largest absolute Gasteiger partial charge is 0.494 e. The number of rotatable bonds is 7. The van der Waals surface area contributed by atoms with Crippen molar-refractivity contribution in [3.8, 4) is 5.75 Å². The highest BCUT2D eigenvalue weighted by Crippen LogP contribution is 2.37. The quantitative estimate of drug-likeness (QED) is 0.327. The molecule has 0 unspecified atom stereocenters. The monoisotopic (exact) mass is 677 g/mol. The van der Waals surface area contributed by atoms with E-state index in [1.165, 1.54) is 30.2 Å². The van der Waals surface area contributed by atoms with E-state index in [9.17, 15) is 35.5 Å². The summed E-state index contributed by atoms with van der Waals surface area (Å²) in [6, 6.07) is 4.52. The molecule has 3 atom stereocenters. The zero-order valence-electron chi connectivity index (χ0n) is 24.4. The van der Waals surface area contributed by atoms with Crippen LogP contribution in [0.1, 0.15) is 40.9 Å². The molecule has 0 aliphatic carbocycles. The highest BCUT2D eigenvalue weighted by molar-refractivity contribution is 5.95. The second kappa shape index (κ2) is 15.3. The van der Waals surface area contributed by atoms with Crippen molar-refractivity contribution >= 4 is 30.7 Å². The summed E-state index contributed by atoms with van der Waals surface area (Å²) in [6.07, 6.45) is -9.80. The first-order valence-electron chi connectivity index (χ1n) is 13.7. The van der Waals surface area contributed by atoms with Gasteiger partial charge in [-0.05, 0) is 56.2 Å². The van der Waals surface area contributed by atoms with Crippen molar-refractivity contribution in [2.24, 2.45) is 0 Å². The van der Waals surface area contributed by atoms with Crippen molar-refractivity contribution in [1.29, 1.82) is 0 Å². The Bertz CT molecular complexity index is 1220. The third-order valence-corrected chi connectivity index (χ3v) is 7.58. The number of nitrogens with zero attached hydrogens (tertiary/aromatic N) is 3. The lowest BCUT2D eigenvalue weighted by Gasteiger charge is -2.43. The molecular formula is C29H36Cl2F7N3O3. The summed E-state index contributed by atoms with van der Waals surface area (Å²) in [7, 11) is 1.31. The van der Waals surface area contributed by atoms with Gasteiger partial charge >= 0.3 is 12.4 Å². The Hall–Kier alpha value is -2.32. The van der Waals surface area contributed by atoms with Crippen molar-refractivity contribution < 1.29 is 45.0 Å². The van der Waals surface area contributed by atoms with Gasteiger partial charge in [0.05, 0.1) is 30.4 Å². The molecule has 2 aliphatic rings. The summed E-state index contributed by atoms with van der Waals surface area (Å²) in [4.78, 5) is 19.3. The zero-order valence-corrected chi connectivity index (χ0v) is 26.0. The number of morpholine rings is 1. The number of methoxy groups -OCH3 is 1. The summed E-state index contributed by atoms with van der Waals surface area (Å²) < 4.78 is 106. The van der Waals surface area contributed by atoms with Gasteiger partial charge in [-0.2, -0.15) is 26.3 Å². The maximum absolute atomic E-state index is 14.0. The molecule has 248 valence electrons. The molecule has 0 N–H and O–H groups in total. The van der Waals surface area contributed by atoms with E-state index in [0.717, 1.165) is 19.6 Å². The Morgan fingerprint density at radius 2 is 1.43 bits per heavy atom. The van der Waals surface area contributed by atoms with Crippen molar-refractivity contribution in [3.05, 3.63) is 64.5 Å². The molecule has 2 aromatic rings. The maximum atomic E-state index is 14.0. The van der Waals surface area contributed by atoms with Gasteiger partial charge in [0.15, 0.2) is 11.6 Å². The maximum Gasteiger partial charge on any atom is 0.416 e. The third-order valence-electron chi connectivity index (χ3n) is 7.58. The number of carbonyl (C=O) groups excluding carboxylic acids is 1. The number of halogens is 9. The van der Waals surface area contributed by atoms with Crippen LogP contribution in [0.15, 0.2) is 36.4 Å². The van der Waals surface area contributed by atoms with Gasteiger partial charge in [0.1, 0.15) is 0 Å². The van der Waals surface area contributed by atoms with E-state index in [0.29, 0.717) is 37.3 Å². The van der Waals surface area contributed by atoms with E-state index in [4.69, 9.17) is 9.47 Å². The van der Waals surface area contributed by atoms with Gasteiger partial charge in [0.2, 0.25) is 0 Å². The minimum absolute atomic E-state index is 0. The van der Waals surface area contributed by atoms with Crippen molar-refractivity contribution in [2.45, 2.75) is 50.9 Å². The lowest BCUT2D eigenvalue weighted by Crippen LogP contribution is -2.57. The van der Waals surface area contributed by atoms with Gasteiger partial charge in [-0.15, -0.1) is 24.8 Å². The summed E-state index contributed by atoms with van der Waals surface area (Å²) in [5.74, 6) is -1.53. The summed E-state index contributed by atoms with van der Waals surface area (Å²) in [5, 5.41) is 0. The third kappa shape index (κ3) is 9.59. The molecule has 0 radical (unpaired) electrons. The summed E-state index contributed by atoms with van der Waals surface area (Å²) >= 11 is 0. The molecule has 2 heterocycles. The SMILES string of the molecule is COc1cc(C[C@@H]2CN(CCN3C[C@@H](C)O[C@@H](C)C3)CCN2C(=O)c2cc(C(F)(F)F)cc(C(F)(F)F)c2)ccc1F.Cl.Cl. The molecule has 6 nitrogen and oxygen atoms in total. The molecular weight excluding hydrogens is 642 g/mol. The van der Waals surface area contributed by atoms with Gasteiger partial charge in [0, 0.05) is 57.4 Å². The van der Waals surface area contributed by atoms with Crippen LogP contribution in [0.4, 0.5) is 30.7 Å². The second-order valence-electron chi connectivity index (χ2n) is 10.9. The molecule has 4 rings (SSSR count). The first-order valence-corrected chi connectivity index (χ1v) is 13.7. The molecule has 0 spiro atoms. The van der Waals surface area contributed by atoms with E-state index in [2.05, 4.69) is 9.80 Å². The lowest BCUT2D eigenvalue weighted by molar-refractivity contribution is -0.143. The number of benzene rings is 2. The van der Waals surface area contributed by atoms with E-state index < -0.39 is 46.8 Å². The fourth-order valence-electron chi connectivity index (χ4n) is 5.66. The fraction of sp³-hybridized carbons (Fsp3) is 0.552. The number of carbonyl (C=O) groups is 1. The van der Waals surface area contributed by atoms with Gasteiger partial charge in [-0.1, -0.05) is 6.07 Å². The Balaban J connectivity index is 0.00000337. The number of alkyl halides is 6.